The van der Waals surface area contributed by atoms with Gasteiger partial charge in [-0.3, -0.25) is 13.9 Å². The second kappa shape index (κ2) is 6.82. The summed E-state index contributed by atoms with van der Waals surface area (Å²) in [6.07, 6.45) is 6.42. The van der Waals surface area contributed by atoms with E-state index in [9.17, 15) is 9.59 Å². The van der Waals surface area contributed by atoms with Crippen LogP contribution in [0.2, 0.25) is 0 Å². The number of imidazole rings is 1. The van der Waals surface area contributed by atoms with Gasteiger partial charge in [-0.25, -0.2) is 9.78 Å². The minimum absolute atomic E-state index is 0.0137. The molecular weight excluding hydrogens is 332 g/mol. The lowest BCUT2D eigenvalue weighted by atomic mass is 10.0. The molecule has 1 amide bonds. The van der Waals surface area contributed by atoms with E-state index in [0.29, 0.717) is 23.5 Å². The third-order valence-corrected chi connectivity index (χ3v) is 5.09. The fourth-order valence-corrected chi connectivity index (χ4v) is 3.69. The molecule has 1 saturated heterocycles. The summed E-state index contributed by atoms with van der Waals surface area (Å²) in [5.74, 6) is 0.660. The highest BCUT2D eigenvalue weighted by molar-refractivity contribution is 5.79. The van der Waals surface area contributed by atoms with Crippen molar-refractivity contribution in [1.29, 1.82) is 0 Å². The van der Waals surface area contributed by atoms with E-state index in [1.807, 2.05) is 17.0 Å². The van der Waals surface area contributed by atoms with Crippen molar-refractivity contribution in [2.45, 2.75) is 45.3 Å². The predicted molar refractivity (Wildman–Crippen MR) is 96.8 cm³/mol. The molecule has 7 heteroatoms. The molecule has 0 aromatic carbocycles. The van der Waals surface area contributed by atoms with Crippen molar-refractivity contribution in [3.8, 4) is 0 Å². The van der Waals surface area contributed by atoms with Gasteiger partial charge in [-0.05, 0) is 50.5 Å². The monoisotopic (exact) mass is 354 g/mol. The molecule has 1 unspecified atom stereocenters. The second-order valence-corrected chi connectivity index (χ2v) is 6.81. The molecule has 0 N–H and O–H groups in total. The molecule has 4 rings (SSSR count). The molecule has 0 saturated carbocycles. The van der Waals surface area contributed by atoms with Crippen LogP contribution in [0.4, 0.5) is 0 Å². The average Bonchev–Trinajstić information content (AvgIpc) is 3.25. The van der Waals surface area contributed by atoms with Crippen LogP contribution in [-0.2, 0) is 17.9 Å². The Morgan fingerprint density at radius 1 is 1.27 bits per heavy atom. The number of likely N-dealkylation sites (tertiary alicyclic amines) is 1. The molecule has 0 bridgehead atoms. The van der Waals surface area contributed by atoms with Crippen LogP contribution in [0.15, 0.2) is 45.9 Å². The van der Waals surface area contributed by atoms with Gasteiger partial charge in [0.05, 0.1) is 18.3 Å². The third-order valence-electron chi connectivity index (χ3n) is 5.09. The molecule has 0 radical (unpaired) electrons. The number of pyridine rings is 1. The van der Waals surface area contributed by atoms with Gasteiger partial charge in [-0.2, -0.15) is 0 Å². The molecule has 7 nitrogen and oxygen atoms in total. The topological polar surface area (TPSA) is 73.3 Å². The summed E-state index contributed by atoms with van der Waals surface area (Å²) in [5, 5.41) is 0. The standard InChI is InChI=1S/C19H22N4O3/c1-14-6-2-3-10-21(14)17(24)13-22-16-8-4-9-20-18(16)23(19(22)25)12-15-7-5-11-26-15/h4-5,7-9,11,14H,2-3,6,10,12-13H2,1H3. The molecule has 0 aliphatic carbocycles. The number of aromatic nitrogens is 3. The van der Waals surface area contributed by atoms with E-state index >= 15 is 0 Å². The number of furan rings is 1. The number of carbonyl (C=O) groups excluding carboxylic acids is 1. The third kappa shape index (κ3) is 2.94. The molecule has 1 atom stereocenters. The van der Waals surface area contributed by atoms with Crippen LogP contribution in [0.1, 0.15) is 31.9 Å². The predicted octanol–water partition coefficient (Wildman–Crippen LogP) is 2.24. The number of fused-ring (bicyclic) bond motifs is 1. The van der Waals surface area contributed by atoms with Gasteiger partial charge in [0, 0.05) is 18.8 Å². The first-order valence-corrected chi connectivity index (χ1v) is 9.01. The maximum Gasteiger partial charge on any atom is 0.331 e. The van der Waals surface area contributed by atoms with Crippen molar-refractivity contribution in [1.82, 2.24) is 19.0 Å². The first-order chi connectivity index (χ1) is 12.6. The number of nitrogens with zero attached hydrogens (tertiary/aromatic N) is 4. The fraction of sp³-hybridized carbons (Fsp3) is 0.421. The number of rotatable bonds is 4. The summed E-state index contributed by atoms with van der Waals surface area (Å²) in [6, 6.07) is 7.44. The summed E-state index contributed by atoms with van der Waals surface area (Å²) in [7, 11) is 0. The van der Waals surface area contributed by atoms with Gasteiger partial charge >= 0.3 is 5.69 Å². The highest BCUT2D eigenvalue weighted by Crippen LogP contribution is 2.18. The summed E-state index contributed by atoms with van der Waals surface area (Å²) < 4.78 is 8.45. The largest absolute Gasteiger partial charge is 0.467 e. The summed E-state index contributed by atoms with van der Waals surface area (Å²) >= 11 is 0. The first-order valence-electron chi connectivity index (χ1n) is 9.01. The Labute approximate surface area is 150 Å². The van der Waals surface area contributed by atoms with Crippen molar-refractivity contribution < 1.29 is 9.21 Å². The number of hydrogen-bond donors (Lipinski definition) is 0. The van der Waals surface area contributed by atoms with Crippen molar-refractivity contribution in [3.63, 3.8) is 0 Å². The van der Waals surface area contributed by atoms with Crippen LogP contribution in [0.5, 0.6) is 0 Å². The van der Waals surface area contributed by atoms with Gasteiger partial charge in [0.25, 0.3) is 0 Å². The molecule has 26 heavy (non-hydrogen) atoms. The lowest BCUT2D eigenvalue weighted by Gasteiger charge is -2.33. The average molecular weight is 354 g/mol. The minimum atomic E-state index is -0.242. The Kier molecular flexibility index (Phi) is 4.36. The zero-order chi connectivity index (χ0) is 18.1. The molecular formula is C19H22N4O3. The Bertz CT molecular complexity index is 970. The maximum atomic E-state index is 13.0. The quantitative estimate of drug-likeness (QED) is 0.720. The lowest BCUT2D eigenvalue weighted by Crippen LogP contribution is -2.44. The number of piperidine rings is 1. The highest BCUT2D eigenvalue weighted by atomic mass is 16.3. The summed E-state index contributed by atoms with van der Waals surface area (Å²) in [5.41, 5.74) is 0.989. The van der Waals surface area contributed by atoms with Crippen LogP contribution in [0.25, 0.3) is 11.2 Å². The molecule has 0 spiro atoms. The number of carbonyl (C=O) groups is 1. The van der Waals surface area contributed by atoms with Crippen molar-refractivity contribution >= 4 is 17.1 Å². The van der Waals surface area contributed by atoms with Crippen LogP contribution >= 0.6 is 0 Å². The SMILES string of the molecule is CC1CCCCN1C(=O)Cn1c(=O)n(Cc2ccco2)c2ncccc21. The molecule has 3 aromatic rings. The van der Waals surface area contributed by atoms with Crippen molar-refractivity contribution in [2.75, 3.05) is 6.54 Å². The smallest absolute Gasteiger partial charge is 0.331 e. The van der Waals surface area contributed by atoms with Gasteiger partial charge in [0.2, 0.25) is 5.91 Å². The van der Waals surface area contributed by atoms with Gasteiger partial charge in [0.1, 0.15) is 12.3 Å². The van der Waals surface area contributed by atoms with Crippen molar-refractivity contribution in [2.24, 2.45) is 0 Å². The van der Waals surface area contributed by atoms with Gasteiger partial charge in [0.15, 0.2) is 5.65 Å². The fourth-order valence-electron chi connectivity index (χ4n) is 3.69. The van der Waals surface area contributed by atoms with Crippen LogP contribution < -0.4 is 5.69 Å². The van der Waals surface area contributed by atoms with E-state index in [4.69, 9.17) is 4.42 Å². The van der Waals surface area contributed by atoms with Gasteiger partial charge in [-0.15, -0.1) is 0 Å². The molecule has 3 aromatic heterocycles. The maximum absolute atomic E-state index is 13.0. The van der Waals surface area contributed by atoms with E-state index in [1.54, 1.807) is 29.2 Å². The number of hydrogen-bond acceptors (Lipinski definition) is 4. The minimum Gasteiger partial charge on any atom is -0.467 e. The van der Waals surface area contributed by atoms with Crippen LogP contribution in [0.3, 0.4) is 0 Å². The second-order valence-electron chi connectivity index (χ2n) is 6.81. The Hall–Kier alpha value is -2.83. The molecule has 136 valence electrons. The van der Waals surface area contributed by atoms with Crippen LogP contribution in [0, 0.1) is 0 Å². The zero-order valence-corrected chi connectivity index (χ0v) is 14.8. The Morgan fingerprint density at radius 2 is 2.15 bits per heavy atom. The van der Waals surface area contributed by atoms with Gasteiger partial charge < -0.3 is 9.32 Å². The van der Waals surface area contributed by atoms with E-state index in [0.717, 1.165) is 25.8 Å². The Balaban J connectivity index is 1.70. The van der Waals surface area contributed by atoms with E-state index in [1.165, 1.54) is 4.57 Å². The molecule has 1 aliphatic heterocycles. The lowest BCUT2D eigenvalue weighted by molar-refractivity contribution is -0.135. The highest BCUT2D eigenvalue weighted by Gasteiger charge is 2.25. The van der Waals surface area contributed by atoms with E-state index < -0.39 is 0 Å². The zero-order valence-electron chi connectivity index (χ0n) is 14.8. The summed E-state index contributed by atoms with van der Waals surface area (Å²) in [6.45, 7) is 3.16. The Morgan fingerprint density at radius 3 is 2.92 bits per heavy atom. The first kappa shape index (κ1) is 16.6. The van der Waals surface area contributed by atoms with E-state index in [2.05, 4.69) is 11.9 Å². The van der Waals surface area contributed by atoms with Crippen LogP contribution in [-0.4, -0.2) is 37.5 Å². The van der Waals surface area contributed by atoms with Gasteiger partial charge in [-0.1, -0.05) is 0 Å². The van der Waals surface area contributed by atoms with Crippen molar-refractivity contribution in [3.05, 3.63) is 53.0 Å². The molecule has 1 fully saturated rings. The normalized spacial score (nSPS) is 17.7. The molecule has 4 heterocycles. The molecule has 1 aliphatic rings. The van der Waals surface area contributed by atoms with E-state index in [-0.39, 0.29) is 24.2 Å². The summed E-state index contributed by atoms with van der Waals surface area (Å²) in [4.78, 5) is 32.1. The number of amides is 1.